The molecule has 6 nitrogen and oxygen atoms in total. The molecule has 1 saturated heterocycles. The molecule has 0 radical (unpaired) electrons. The fourth-order valence-electron chi connectivity index (χ4n) is 4.20. The Morgan fingerprint density at radius 1 is 1.29 bits per heavy atom. The number of carboxylic acid groups (broad SMARTS) is 1. The van der Waals surface area contributed by atoms with Gasteiger partial charge < -0.3 is 24.6 Å². The molecule has 1 heterocycles. The summed E-state index contributed by atoms with van der Waals surface area (Å²) in [7, 11) is 1.61. The molecule has 2 aromatic carbocycles. The Bertz CT molecular complexity index is 905. The number of morpholine rings is 1. The number of benzene rings is 2. The first-order valence-electron chi connectivity index (χ1n) is 10.5. The molecule has 1 aliphatic rings. The zero-order chi connectivity index (χ0) is 22.4. The lowest BCUT2D eigenvalue weighted by molar-refractivity contribution is -0.148. The van der Waals surface area contributed by atoms with Crippen LogP contribution in [0.15, 0.2) is 42.5 Å². The zero-order valence-corrected chi connectivity index (χ0v) is 18.0. The highest BCUT2D eigenvalue weighted by atomic mass is 19.1. The van der Waals surface area contributed by atoms with Crippen molar-refractivity contribution < 1.29 is 28.9 Å². The molecule has 2 atom stereocenters. The van der Waals surface area contributed by atoms with E-state index in [-0.39, 0.29) is 26.1 Å². The number of ether oxygens (including phenoxy) is 2. The molecular weight excluding hydrogens is 401 g/mol. The average molecular weight is 432 g/mol. The number of unbranched alkanes of at least 4 members (excludes halogenated alkanes) is 1. The third-order valence-electron chi connectivity index (χ3n) is 5.81. The van der Waals surface area contributed by atoms with Crippen LogP contribution in [0.25, 0.3) is 11.1 Å². The maximum atomic E-state index is 15.1. The SMILES string of the molecule is COCCCC[C@](O)(c1cccc(F)c1-c1cccc(C)c1)C1CN(C(=O)O)CCO1. The summed E-state index contributed by atoms with van der Waals surface area (Å²) in [6.45, 7) is 2.89. The fraction of sp³-hybridized carbons (Fsp3) is 0.458. The molecule has 0 aliphatic carbocycles. The maximum absolute atomic E-state index is 15.1. The van der Waals surface area contributed by atoms with E-state index in [1.165, 1.54) is 11.0 Å². The third kappa shape index (κ3) is 5.23. The van der Waals surface area contributed by atoms with Crippen LogP contribution >= 0.6 is 0 Å². The van der Waals surface area contributed by atoms with E-state index in [2.05, 4.69) is 0 Å². The first-order chi connectivity index (χ1) is 14.9. The maximum Gasteiger partial charge on any atom is 0.407 e. The molecule has 2 N–H and O–H groups in total. The Balaban J connectivity index is 2.07. The predicted molar refractivity (Wildman–Crippen MR) is 116 cm³/mol. The monoisotopic (exact) mass is 431 g/mol. The molecule has 31 heavy (non-hydrogen) atoms. The van der Waals surface area contributed by atoms with Gasteiger partial charge in [-0.15, -0.1) is 0 Å². The van der Waals surface area contributed by atoms with Crippen molar-refractivity contribution in [2.45, 2.75) is 37.9 Å². The lowest BCUT2D eigenvalue weighted by Gasteiger charge is -2.42. The smallest absolute Gasteiger partial charge is 0.407 e. The average Bonchev–Trinajstić information content (AvgIpc) is 2.76. The Morgan fingerprint density at radius 2 is 2.06 bits per heavy atom. The number of hydrogen-bond acceptors (Lipinski definition) is 4. The minimum atomic E-state index is -1.57. The van der Waals surface area contributed by atoms with Crippen molar-refractivity contribution in [2.24, 2.45) is 0 Å². The first kappa shape index (κ1) is 23.2. The molecule has 0 bridgehead atoms. The number of nitrogens with zero attached hydrogens (tertiary/aromatic N) is 1. The van der Waals surface area contributed by atoms with E-state index in [4.69, 9.17) is 9.47 Å². The quantitative estimate of drug-likeness (QED) is 0.613. The number of aliphatic hydroxyl groups is 1. The van der Waals surface area contributed by atoms with E-state index in [0.29, 0.717) is 36.1 Å². The Hall–Kier alpha value is -2.48. The molecule has 168 valence electrons. The Kier molecular flexibility index (Phi) is 7.64. The van der Waals surface area contributed by atoms with Gasteiger partial charge in [0.1, 0.15) is 17.5 Å². The second-order valence-electron chi connectivity index (χ2n) is 7.99. The molecule has 1 unspecified atom stereocenters. The van der Waals surface area contributed by atoms with Gasteiger partial charge in [-0.3, -0.25) is 0 Å². The van der Waals surface area contributed by atoms with Crippen LogP contribution < -0.4 is 0 Å². The fourth-order valence-corrected chi connectivity index (χ4v) is 4.20. The van der Waals surface area contributed by atoms with Gasteiger partial charge in [0.15, 0.2) is 0 Å². The number of hydrogen-bond donors (Lipinski definition) is 2. The second kappa shape index (κ2) is 10.2. The van der Waals surface area contributed by atoms with Gasteiger partial charge in [0.05, 0.1) is 13.2 Å². The van der Waals surface area contributed by atoms with Gasteiger partial charge in [0.2, 0.25) is 0 Å². The van der Waals surface area contributed by atoms with Crippen molar-refractivity contribution in [3.05, 3.63) is 59.4 Å². The van der Waals surface area contributed by atoms with Crippen LogP contribution in [0, 0.1) is 12.7 Å². The minimum absolute atomic E-state index is 0.0138. The zero-order valence-electron chi connectivity index (χ0n) is 18.0. The number of amides is 1. The van der Waals surface area contributed by atoms with Crippen LogP contribution in [0.5, 0.6) is 0 Å². The number of rotatable bonds is 8. The summed E-state index contributed by atoms with van der Waals surface area (Å²) in [5, 5.41) is 21.4. The van der Waals surface area contributed by atoms with Crippen molar-refractivity contribution in [1.82, 2.24) is 4.90 Å². The summed E-state index contributed by atoms with van der Waals surface area (Å²) in [5.41, 5.74) is 0.795. The van der Waals surface area contributed by atoms with Gasteiger partial charge in [-0.25, -0.2) is 9.18 Å². The Labute approximate surface area is 182 Å². The molecule has 2 aromatic rings. The molecule has 1 aliphatic heterocycles. The topological polar surface area (TPSA) is 79.2 Å². The summed E-state index contributed by atoms with van der Waals surface area (Å²) in [5.74, 6) is -0.440. The van der Waals surface area contributed by atoms with Crippen LogP contribution in [-0.2, 0) is 15.1 Å². The van der Waals surface area contributed by atoms with Gasteiger partial charge in [0, 0.05) is 25.8 Å². The number of methoxy groups -OCH3 is 1. The standard InChI is InChI=1S/C24H30FNO5/c1-17-7-5-8-18(15-17)22-19(9-6-10-20(22)25)24(29,11-3-4-13-30-2)21-16-26(23(27)28)12-14-31-21/h5-10,15,21,29H,3-4,11-14,16H2,1-2H3,(H,27,28)/t21?,24-/m0/s1. The minimum Gasteiger partial charge on any atom is -0.465 e. The summed E-state index contributed by atoms with van der Waals surface area (Å²) in [6, 6.07) is 12.1. The van der Waals surface area contributed by atoms with Crippen LogP contribution in [-0.4, -0.2) is 60.7 Å². The van der Waals surface area contributed by atoms with Crippen LogP contribution in [0.4, 0.5) is 9.18 Å². The summed E-state index contributed by atoms with van der Waals surface area (Å²) in [6.07, 6.45) is -0.264. The molecule has 0 saturated carbocycles. The lowest BCUT2D eigenvalue weighted by Crippen LogP contribution is -2.54. The van der Waals surface area contributed by atoms with Crippen LogP contribution in [0.3, 0.4) is 0 Å². The number of halogens is 1. The summed E-state index contributed by atoms with van der Waals surface area (Å²) < 4.78 is 26.1. The highest BCUT2D eigenvalue weighted by Gasteiger charge is 2.44. The normalized spacial score (nSPS) is 18.6. The van der Waals surface area contributed by atoms with E-state index >= 15 is 4.39 Å². The number of carbonyl (C=O) groups is 1. The molecular formula is C24H30FNO5. The van der Waals surface area contributed by atoms with Crippen LogP contribution in [0.1, 0.15) is 30.4 Å². The van der Waals surface area contributed by atoms with Gasteiger partial charge in [-0.1, -0.05) is 42.0 Å². The third-order valence-corrected chi connectivity index (χ3v) is 5.81. The van der Waals surface area contributed by atoms with Crippen molar-refractivity contribution in [3.8, 4) is 11.1 Å². The van der Waals surface area contributed by atoms with Crippen molar-refractivity contribution in [2.75, 3.05) is 33.4 Å². The molecule has 1 fully saturated rings. The molecule has 1 amide bonds. The summed E-state index contributed by atoms with van der Waals surface area (Å²) >= 11 is 0. The van der Waals surface area contributed by atoms with Gasteiger partial charge >= 0.3 is 6.09 Å². The van der Waals surface area contributed by atoms with Gasteiger partial charge in [-0.05, 0) is 43.4 Å². The van der Waals surface area contributed by atoms with E-state index < -0.39 is 23.6 Å². The molecule has 0 aromatic heterocycles. The predicted octanol–water partition coefficient (Wildman–Crippen LogP) is 4.18. The molecule has 3 rings (SSSR count). The van der Waals surface area contributed by atoms with Gasteiger partial charge in [0.25, 0.3) is 0 Å². The highest BCUT2D eigenvalue weighted by Crippen LogP contribution is 2.41. The second-order valence-corrected chi connectivity index (χ2v) is 7.99. The molecule has 0 spiro atoms. The first-order valence-corrected chi connectivity index (χ1v) is 10.5. The summed E-state index contributed by atoms with van der Waals surface area (Å²) in [4.78, 5) is 12.8. The number of aryl methyl sites for hydroxylation is 1. The Morgan fingerprint density at radius 3 is 2.77 bits per heavy atom. The van der Waals surface area contributed by atoms with Crippen molar-refractivity contribution >= 4 is 6.09 Å². The largest absolute Gasteiger partial charge is 0.465 e. The van der Waals surface area contributed by atoms with E-state index in [0.717, 1.165) is 5.56 Å². The van der Waals surface area contributed by atoms with Crippen molar-refractivity contribution in [1.29, 1.82) is 0 Å². The van der Waals surface area contributed by atoms with E-state index in [1.54, 1.807) is 19.2 Å². The van der Waals surface area contributed by atoms with E-state index in [9.17, 15) is 15.0 Å². The van der Waals surface area contributed by atoms with Crippen molar-refractivity contribution in [3.63, 3.8) is 0 Å². The van der Waals surface area contributed by atoms with Crippen LogP contribution in [0.2, 0.25) is 0 Å². The molecule has 7 heteroatoms. The van der Waals surface area contributed by atoms with Gasteiger partial charge in [-0.2, -0.15) is 0 Å². The van der Waals surface area contributed by atoms with E-state index in [1.807, 2.05) is 31.2 Å². The lowest BCUT2D eigenvalue weighted by atomic mass is 9.78. The highest BCUT2D eigenvalue weighted by molar-refractivity contribution is 5.70.